The van der Waals surface area contributed by atoms with Crippen molar-refractivity contribution in [2.45, 2.75) is 12.7 Å². The van der Waals surface area contributed by atoms with Crippen molar-refractivity contribution in [3.8, 4) is 11.5 Å². The van der Waals surface area contributed by atoms with Crippen LogP contribution in [0.1, 0.15) is 5.56 Å². The van der Waals surface area contributed by atoms with E-state index in [9.17, 15) is 0 Å². The van der Waals surface area contributed by atoms with Crippen LogP contribution in [0, 0.1) is 0 Å². The van der Waals surface area contributed by atoms with Crippen molar-refractivity contribution < 1.29 is 24.8 Å². The number of hydrogen-bond acceptors (Lipinski definition) is 5. The predicted octanol–water partition coefficient (Wildman–Crippen LogP) is -0.0805. The Balaban J connectivity index is 2.71. The molecular formula is C11H16O5. The zero-order valence-corrected chi connectivity index (χ0v) is 9.09. The quantitative estimate of drug-likeness (QED) is 0.634. The van der Waals surface area contributed by atoms with Crippen LogP contribution in [-0.2, 0) is 6.61 Å². The Morgan fingerprint density at radius 2 is 2.06 bits per heavy atom. The third-order valence-electron chi connectivity index (χ3n) is 2.08. The summed E-state index contributed by atoms with van der Waals surface area (Å²) in [7, 11) is 1.53. The number of methoxy groups -OCH3 is 1. The van der Waals surface area contributed by atoms with Gasteiger partial charge in [-0.25, -0.2) is 0 Å². The van der Waals surface area contributed by atoms with Gasteiger partial charge in [0, 0.05) is 5.56 Å². The Hall–Kier alpha value is -1.30. The van der Waals surface area contributed by atoms with Crippen molar-refractivity contribution in [1.29, 1.82) is 0 Å². The maximum absolute atomic E-state index is 9.12. The van der Waals surface area contributed by atoms with E-state index in [4.69, 9.17) is 24.8 Å². The van der Waals surface area contributed by atoms with Gasteiger partial charge in [0.25, 0.3) is 0 Å². The van der Waals surface area contributed by atoms with Crippen LogP contribution in [0.2, 0.25) is 0 Å². The number of aliphatic hydroxyl groups is 3. The van der Waals surface area contributed by atoms with Crippen LogP contribution in [0.4, 0.5) is 0 Å². The maximum atomic E-state index is 9.12. The first-order valence-corrected chi connectivity index (χ1v) is 4.90. The average molecular weight is 228 g/mol. The summed E-state index contributed by atoms with van der Waals surface area (Å²) in [5.41, 5.74) is 0.574. The molecule has 0 fully saturated rings. The Labute approximate surface area is 93.9 Å². The fourth-order valence-corrected chi connectivity index (χ4v) is 1.19. The van der Waals surface area contributed by atoms with Crippen molar-refractivity contribution >= 4 is 0 Å². The van der Waals surface area contributed by atoms with Gasteiger partial charge in [-0.05, 0) is 18.2 Å². The fraction of sp³-hybridized carbons (Fsp3) is 0.455. The van der Waals surface area contributed by atoms with Gasteiger partial charge in [0.05, 0.1) is 20.3 Å². The van der Waals surface area contributed by atoms with E-state index in [0.29, 0.717) is 17.1 Å². The van der Waals surface area contributed by atoms with Crippen molar-refractivity contribution in [2.24, 2.45) is 0 Å². The first kappa shape index (κ1) is 12.8. The summed E-state index contributed by atoms with van der Waals surface area (Å²) in [4.78, 5) is 0. The molecule has 0 spiro atoms. The van der Waals surface area contributed by atoms with Crippen LogP contribution in [0.3, 0.4) is 0 Å². The molecule has 16 heavy (non-hydrogen) atoms. The first-order chi connectivity index (χ1) is 7.71. The molecule has 0 heterocycles. The minimum Gasteiger partial charge on any atom is -0.497 e. The lowest BCUT2D eigenvalue weighted by atomic mass is 10.2. The second-order valence-electron chi connectivity index (χ2n) is 3.28. The minimum atomic E-state index is -0.923. The summed E-state index contributed by atoms with van der Waals surface area (Å²) in [6, 6.07) is 5.00. The Morgan fingerprint density at radius 3 is 2.62 bits per heavy atom. The summed E-state index contributed by atoms with van der Waals surface area (Å²) in [6.07, 6.45) is -0.923. The Morgan fingerprint density at radius 1 is 1.31 bits per heavy atom. The number of aliphatic hydroxyl groups excluding tert-OH is 3. The summed E-state index contributed by atoms with van der Waals surface area (Å²) in [5, 5.41) is 26.9. The number of rotatable bonds is 6. The molecule has 0 aromatic heterocycles. The molecule has 0 aliphatic rings. The second kappa shape index (κ2) is 6.32. The second-order valence-corrected chi connectivity index (χ2v) is 3.28. The van der Waals surface area contributed by atoms with E-state index < -0.39 is 6.10 Å². The third kappa shape index (κ3) is 3.37. The van der Waals surface area contributed by atoms with Crippen LogP contribution in [0.15, 0.2) is 18.2 Å². The lowest BCUT2D eigenvalue weighted by molar-refractivity contribution is 0.0528. The molecule has 0 bridgehead atoms. The molecule has 1 rings (SSSR count). The standard InChI is InChI=1S/C11H16O5/c1-15-10-2-3-11(8(4-10)5-12)16-7-9(14)6-13/h2-4,9,12-14H,5-7H2,1H3. The van der Waals surface area contributed by atoms with Gasteiger partial charge >= 0.3 is 0 Å². The molecule has 5 heteroatoms. The highest BCUT2D eigenvalue weighted by Crippen LogP contribution is 2.24. The molecule has 1 atom stereocenters. The summed E-state index contributed by atoms with van der Waals surface area (Å²) in [6.45, 7) is -0.553. The van der Waals surface area contributed by atoms with Gasteiger partial charge in [-0.1, -0.05) is 0 Å². The number of benzene rings is 1. The van der Waals surface area contributed by atoms with Gasteiger partial charge in [-0.15, -0.1) is 0 Å². The van der Waals surface area contributed by atoms with Gasteiger partial charge in [-0.3, -0.25) is 0 Å². The van der Waals surface area contributed by atoms with Gasteiger partial charge in [-0.2, -0.15) is 0 Å². The van der Waals surface area contributed by atoms with Crippen LogP contribution < -0.4 is 9.47 Å². The minimum absolute atomic E-state index is 0.0180. The van der Waals surface area contributed by atoms with E-state index in [1.165, 1.54) is 7.11 Å². The monoisotopic (exact) mass is 228 g/mol. The highest BCUT2D eigenvalue weighted by Gasteiger charge is 2.07. The third-order valence-corrected chi connectivity index (χ3v) is 2.08. The molecule has 3 N–H and O–H groups in total. The van der Waals surface area contributed by atoms with E-state index in [2.05, 4.69) is 0 Å². The molecule has 0 saturated carbocycles. The van der Waals surface area contributed by atoms with E-state index in [1.807, 2.05) is 0 Å². The highest BCUT2D eigenvalue weighted by atomic mass is 16.5. The lowest BCUT2D eigenvalue weighted by Gasteiger charge is -2.13. The van der Waals surface area contributed by atoms with Crippen LogP contribution in [0.25, 0.3) is 0 Å². The molecule has 1 aromatic carbocycles. The van der Waals surface area contributed by atoms with E-state index in [0.717, 1.165) is 0 Å². The maximum Gasteiger partial charge on any atom is 0.125 e. The van der Waals surface area contributed by atoms with Crippen molar-refractivity contribution in [2.75, 3.05) is 20.3 Å². The average Bonchev–Trinajstić information content (AvgIpc) is 2.35. The van der Waals surface area contributed by atoms with Crippen molar-refractivity contribution in [1.82, 2.24) is 0 Å². The van der Waals surface area contributed by atoms with E-state index in [1.54, 1.807) is 18.2 Å². The lowest BCUT2D eigenvalue weighted by Crippen LogP contribution is -2.21. The highest BCUT2D eigenvalue weighted by molar-refractivity contribution is 5.39. The molecule has 0 aliphatic heterocycles. The fourth-order valence-electron chi connectivity index (χ4n) is 1.19. The Kier molecular flexibility index (Phi) is 5.04. The zero-order chi connectivity index (χ0) is 12.0. The molecule has 1 unspecified atom stereocenters. The largest absolute Gasteiger partial charge is 0.497 e. The van der Waals surface area contributed by atoms with Gasteiger partial charge in [0.15, 0.2) is 0 Å². The molecular weight excluding hydrogens is 212 g/mol. The van der Waals surface area contributed by atoms with Crippen LogP contribution in [0.5, 0.6) is 11.5 Å². The van der Waals surface area contributed by atoms with Crippen LogP contribution >= 0.6 is 0 Å². The van der Waals surface area contributed by atoms with Gasteiger partial charge in [0.2, 0.25) is 0 Å². The van der Waals surface area contributed by atoms with E-state index in [-0.39, 0.29) is 19.8 Å². The number of ether oxygens (including phenoxy) is 2. The molecule has 1 aromatic rings. The summed E-state index contributed by atoms with van der Waals surface area (Å²) >= 11 is 0. The summed E-state index contributed by atoms with van der Waals surface area (Å²) < 4.78 is 10.3. The molecule has 0 amide bonds. The topological polar surface area (TPSA) is 79.2 Å². The smallest absolute Gasteiger partial charge is 0.125 e. The van der Waals surface area contributed by atoms with Crippen molar-refractivity contribution in [3.05, 3.63) is 23.8 Å². The number of hydrogen-bond donors (Lipinski definition) is 3. The van der Waals surface area contributed by atoms with Crippen molar-refractivity contribution in [3.63, 3.8) is 0 Å². The Bertz CT molecular complexity index is 326. The van der Waals surface area contributed by atoms with Gasteiger partial charge < -0.3 is 24.8 Å². The summed E-state index contributed by atoms with van der Waals surface area (Å²) in [5.74, 6) is 1.09. The molecule has 0 aliphatic carbocycles. The predicted molar refractivity (Wildman–Crippen MR) is 57.5 cm³/mol. The van der Waals surface area contributed by atoms with Gasteiger partial charge in [0.1, 0.15) is 24.2 Å². The molecule has 0 saturated heterocycles. The zero-order valence-electron chi connectivity index (χ0n) is 9.09. The van der Waals surface area contributed by atoms with Crippen LogP contribution in [-0.4, -0.2) is 41.7 Å². The normalized spacial score (nSPS) is 12.2. The first-order valence-electron chi connectivity index (χ1n) is 4.90. The van der Waals surface area contributed by atoms with E-state index >= 15 is 0 Å². The molecule has 0 radical (unpaired) electrons. The molecule has 90 valence electrons. The molecule has 5 nitrogen and oxygen atoms in total. The SMILES string of the molecule is COc1ccc(OCC(O)CO)c(CO)c1.